The van der Waals surface area contributed by atoms with Crippen LogP contribution in [0.3, 0.4) is 0 Å². The maximum absolute atomic E-state index is 12.6. The van der Waals surface area contributed by atoms with Gasteiger partial charge in [0.15, 0.2) is 6.61 Å². The Bertz CT molecular complexity index is 1130. The van der Waals surface area contributed by atoms with Crippen LogP contribution in [0.15, 0.2) is 78.9 Å². The van der Waals surface area contributed by atoms with Gasteiger partial charge in [-0.3, -0.25) is 9.59 Å². The van der Waals surface area contributed by atoms with Crippen LogP contribution in [0, 0.1) is 0 Å². The summed E-state index contributed by atoms with van der Waals surface area (Å²) in [6, 6.07) is 26.9. The summed E-state index contributed by atoms with van der Waals surface area (Å²) < 4.78 is 5.64. The Morgan fingerprint density at radius 2 is 1.61 bits per heavy atom. The summed E-state index contributed by atoms with van der Waals surface area (Å²) in [6.07, 6.45) is 1.79. The summed E-state index contributed by atoms with van der Waals surface area (Å²) in [5.74, 6) is 0.897. The molecule has 0 saturated heterocycles. The third-order valence-electron chi connectivity index (χ3n) is 6.71. The van der Waals surface area contributed by atoms with Gasteiger partial charge in [-0.25, -0.2) is 0 Å². The second-order valence-corrected chi connectivity index (χ2v) is 10.4. The molecule has 0 aromatic heterocycles. The van der Waals surface area contributed by atoms with E-state index >= 15 is 0 Å². The van der Waals surface area contributed by atoms with Crippen LogP contribution in [-0.4, -0.2) is 31.5 Å². The lowest BCUT2D eigenvalue weighted by Crippen LogP contribution is -2.40. The number of hydrogen-bond donors (Lipinski definition) is 1. The van der Waals surface area contributed by atoms with E-state index in [1.165, 1.54) is 11.1 Å². The molecule has 0 bridgehead atoms. The van der Waals surface area contributed by atoms with Crippen LogP contribution < -0.4 is 15.0 Å². The quantitative estimate of drug-likeness (QED) is 0.416. The first kappa shape index (κ1) is 25.5. The van der Waals surface area contributed by atoms with Gasteiger partial charge in [-0.15, -0.1) is 0 Å². The van der Waals surface area contributed by atoms with E-state index in [0.717, 1.165) is 23.4 Å². The summed E-state index contributed by atoms with van der Waals surface area (Å²) in [5.41, 5.74) is 4.41. The number of ether oxygens (including phenoxy) is 1. The van der Waals surface area contributed by atoms with E-state index in [1.54, 1.807) is 4.90 Å². The SMILES string of the molecule is CC(C)(C)c1ccc2c(c1)N(CCCC(=O)NCCC(c1ccccc1)c1ccccc1)C(=O)CO2. The predicted octanol–water partition coefficient (Wildman–Crippen LogP) is 5.83. The van der Waals surface area contributed by atoms with Crippen LogP contribution in [0.2, 0.25) is 0 Å². The van der Waals surface area contributed by atoms with Gasteiger partial charge in [-0.1, -0.05) is 87.5 Å². The van der Waals surface area contributed by atoms with Crippen molar-refractivity contribution in [3.8, 4) is 5.75 Å². The molecule has 1 aliphatic rings. The largest absolute Gasteiger partial charge is 0.482 e. The summed E-state index contributed by atoms with van der Waals surface area (Å²) in [5, 5.41) is 3.08. The molecule has 0 fully saturated rings. The normalized spacial score (nSPS) is 13.3. The van der Waals surface area contributed by atoms with Crippen molar-refractivity contribution in [2.75, 3.05) is 24.6 Å². The molecule has 1 aliphatic heterocycles. The van der Waals surface area contributed by atoms with E-state index in [0.29, 0.717) is 25.9 Å². The highest BCUT2D eigenvalue weighted by atomic mass is 16.5. The van der Waals surface area contributed by atoms with E-state index < -0.39 is 0 Å². The molecule has 0 saturated carbocycles. The van der Waals surface area contributed by atoms with Crippen LogP contribution in [0.1, 0.15) is 62.6 Å². The Balaban J connectivity index is 1.31. The van der Waals surface area contributed by atoms with Gasteiger partial charge in [0, 0.05) is 25.4 Å². The maximum Gasteiger partial charge on any atom is 0.265 e. The molecule has 4 rings (SSSR count). The van der Waals surface area contributed by atoms with Gasteiger partial charge in [-0.05, 0) is 47.1 Å². The van der Waals surface area contributed by atoms with Gasteiger partial charge in [0.1, 0.15) is 5.75 Å². The topological polar surface area (TPSA) is 58.6 Å². The molecule has 5 heteroatoms. The fourth-order valence-electron chi connectivity index (χ4n) is 4.65. The molecule has 1 N–H and O–H groups in total. The zero-order valence-corrected chi connectivity index (χ0v) is 21.5. The molecule has 0 aliphatic carbocycles. The second-order valence-electron chi connectivity index (χ2n) is 10.4. The molecule has 0 radical (unpaired) electrons. The minimum absolute atomic E-state index is 0.0132. The third kappa shape index (κ3) is 6.34. The van der Waals surface area contributed by atoms with E-state index in [1.807, 2.05) is 24.3 Å². The summed E-state index contributed by atoms with van der Waals surface area (Å²) in [6.45, 7) is 7.57. The number of amides is 2. The van der Waals surface area contributed by atoms with Crippen LogP contribution in [-0.2, 0) is 15.0 Å². The standard InChI is InChI=1S/C31H36N2O3/c1-31(2,3)25-16-17-28-27(21-25)33(30(35)22-36-28)20-10-15-29(34)32-19-18-26(23-11-6-4-7-12-23)24-13-8-5-9-14-24/h4-9,11-14,16-17,21,26H,10,15,18-20,22H2,1-3H3,(H,32,34). The molecule has 36 heavy (non-hydrogen) atoms. The third-order valence-corrected chi connectivity index (χ3v) is 6.71. The number of carbonyl (C=O) groups excluding carboxylic acids is 2. The number of anilines is 1. The molecule has 0 atom stereocenters. The molecule has 2 amide bonds. The van der Waals surface area contributed by atoms with Crippen molar-refractivity contribution in [3.63, 3.8) is 0 Å². The summed E-state index contributed by atoms with van der Waals surface area (Å²) in [4.78, 5) is 27.0. The first-order valence-corrected chi connectivity index (χ1v) is 12.8. The average molecular weight is 485 g/mol. The van der Waals surface area contributed by atoms with Crippen molar-refractivity contribution in [1.82, 2.24) is 5.32 Å². The number of benzene rings is 3. The molecule has 3 aromatic rings. The van der Waals surface area contributed by atoms with Gasteiger partial charge in [-0.2, -0.15) is 0 Å². The average Bonchev–Trinajstić information content (AvgIpc) is 2.88. The molecular weight excluding hydrogens is 448 g/mol. The zero-order valence-electron chi connectivity index (χ0n) is 21.5. The maximum atomic E-state index is 12.6. The Hall–Kier alpha value is -3.60. The lowest BCUT2D eigenvalue weighted by atomic mass is 9.86. The molecule has 188 valence electrons. The van der Waals surface area contributed by atoms with Crippen molar-refractivity contribution in [1.29, 1.82) is 0 Å². The molecule has 3 aromatic carbocycles. The molecular formula is C31H36N2O3. The fraction of sp³-hybridized carbons (Fsp3) is 0.355. The lowest BCUT2D eigenvalue weighted by molar-refractivity contribution is -0.122. The first-order chi connectivity index (χ1) is 17.3. The lowest BCUT2D eigenvalue weighted by Gasteiger charge is -2.31. The number of rotatable bonds is 9. The van der Waals surface area contributed by atoms with Crippen molar-refractivity contribution >= 4 is 17.5 Å². The van der Waals surface area contributed by atoms with Gasteiger partial charge in [0.25, 0.3) is 5.91 Å². The van der Waals surface area contributed by atoms with Crippen molar-refractivity contribution < 1.29 is 14.3 Å². The monoisotopic (exact) mass is 484 g/mol. The van der Waals surface area contributed by atoms with Crippen molar-refractivity contribution in [3.05, 3.63) is 95.6 Å². The fourth-order valence-corrected chi connectivity index (χ4v) is 4.65. The van der Waals surface area contributed by atoms with Crippen molar-refractivity contribution in [2.24, 2.45) is 0 Å². The van der Waals surface area contributed by atoms with Crippen LogP contribution in [0.5, 0.6) is 5.75 Å². The smallest absolute Gasteiger partial charge is 0.265 e. The number of hydrogen-bond acceptors (Lipinski definition) is 3. The second kappa shape index (κ2) is 11.4. The van der Waals surface area contributed by atoms with E-state index in [-0.39, 0.29) is 29.8 Å². The Kier molecular flexibility index (Phi) is 8.09. The van der Waals surface area contributed by atoms with Gasteiger partial charge in [0.2, 0.25) is 5.91 Å². The van der Waals surface area contributed by atoms with Crippen molar-refractivity contribution in [2.45, 2.75) is 51.4 Å². The number of fused-ring (bicyclic) bond motifs is 1. The van der Waals surface area contributed by atoms with Gasteiger partial charge < -0.3 is 15.0 Å². The molecule has 1 heterocycles. The Labute approximate surface area is 214 Å². The molecule has 0 spiro atoms. The first-order valence-electron chi connectivity index (χ1n) is 12.8. The highest BCUT2D eigenvalue weighted by molar-refractivity contribution is 5.98. The predicted molar refractivity (Wildman–Crippen MR) is 145 cm³/mol. The van der Waals surface area contributed by atoms with Crippen LogP contribution >= 0.6 is 0 Å². The number of carbonyl (C=O) groups is 2. The minimum Gasteiger partial charge on any atom is -0.482 e. The van der Waals surface area contributed by atoms with Crippen LogP contribution in [0.25, 0.3) is 0 Å². The molecule has 0 unspecified atom stereocenters. The Morgan fingerprint density at radius 1 is 0.972 bits per heavy atom. The number of nitrogens with zero attached hydrogens (tertiary/aromatic N) is 1. The van der Waals surface area contributed by atoms with E-state index in [2.05, 4.69) is 80.7 Å². The number of nitrogens with one attached hydrogen (secondary N) is 1. The minimum atomic E-state index is -0.0671. The highest BCUT2D eigenvalue weighted by Crippen LogP contribution is 2.36. The summed E-state index contributed by atoms with van der Waals surface area (Å²) in [7, 11) is 0. The van der Waals surface area contributed by atoms with Crippen LogP contribution in [0.4, 0.5) is 5.69 Å². The van der Waals surface area contributed by atoms with Gasteiger partial charge >= 0.3 is 0 Å². The Morgan fingerprint density at radius 3 is 2.22 bits per heavy atom. The molecule has 5 nitrogen and oxygen atoms in total. The highest BCUT2D eigenvalue weighted by Gasteiger charge is 2.27. The van der Waals surface area contributed by atoms with E-state index in [4.69, 9.17) is 4.74 Å². The summed E-state index contributed by atoms with van der Waals surface area (Å²) >= 11 is 0. The van der Waals surface area contributed by atoms with Gasteiger partial charge in [0.05, 0.1) is 5.69 Å². The van der Waals surface area contributed by atoms with E-state index in [9.17, 15) is 9.59 Å². The zero-order chi connectivity index (χ0) is 25.5.